The first-order chi connectivity index (χ1) is 10.0. The molecule has 2 rings (SSSR count). The van der Waals surface area contributed by atoms with Crippen molar-refractivity contribution in [3.8, 4) is 0 Å². The molecule has 1 aromatic rings. The lowest BCUT2D eigenvalue weighted by molar-refractivity contribution is 0.236. The van der Waals surface area contributed by atoms with Gasteiger partial charge in [-0.1, -0.05) is 0 Å². The Kier molecular flexibility index (Phi) is 5.72. The maximum absolute atomic E-state index is 12.4. The van der Waals surface area contributed by atoms with E-state index in [1.54, 1.807) is 16.7 Å². The second-order valence-corrected chi connectivity index (χ2v) is 7.82. The van der Waals surface area contributed by atoms with E-state index in [0.717, 1.165) is 18.4 Å². The molecule has 1 atom stereocenters. The van der Waals surface area contributed by atoms with Crippen LogP contribution in [0.5, 0.6) is 0 Å². The summed E-state index contributed by atoms with van der Waals surface area (Å²) in [4.78, 5) is 3.95. The predicted octanol–water partition coefficient (Wildman–Crippen LogP) is 1.27. The van der Waals surface area contributed by atoms with Gasteiger partial charge in [0.05, 0.1) is 5.75 Å². The molecule has 2 heterocycles. The molecule has 0 aromatic carbocycles. The second-order valence-electron chi connectivity index (χ2n) is 5.74. The molecule has 118 valence electrons. The average Bonchev–Trinajstić information content (AvgIpc) is 2.53. The first-order valence-corrected chi connectivity index (χ1v) is 9.18. The number of sulfonamides is 1. The van der Waals surface area contributed by atoms with Crippen LogP contribution in [0.1, 0.15) is 25.3 Å². The van der Waals surface area contributed by atoms with Gasteiger partial charge in [-0.2, -0.15) is 0 Å². The number of nitrogens with one attached hydrogen (secondary N) is 1. The number of hydrogen-bond acceptors (Lipinski definition) is 4. The molecule has 0 radical (unpaired) electrons. The number of aromatic nitrogens is 1. The van der Waals surface area contributed by atoms with Crippen LogP contribution in [0.25, 0.3) is 0 Å². The highest BCUT2D eigenvalue weighted by Crippen LogP contribution is 2.22. The molecule has 21 heavy (non-hydrogen) atoms. The molecule has 1 aliphatic rings. The van der Waals surface area contributed by atoms with Gasteiger partial charge in [-0.25, -0.2) is 12.7 Å². The van der Waals surface area contributed by atoms with Crippen molar-refractivity contribution in [3.63, 3.8) is 0 Å². The topological polar surface area (TPSA) is 62.3 Å². The highest BCUT2D eigenvalue weighted by Gasteiger charge is 2.29. The summed E-state index contributed by atoms with van der Waals surface area (Å²) in [6.45, 7) is 3.46. The fourth-order valence-corrected chi connectivity index (χ4v) is 4.33. The van der Waals surface area contributed by atoms with E-state index in [9.17, 15) is 8.42 Å². The Bertz CT molecular complexity index is 525. The van der Waals surface area contributed by atoms with Crippen molar-refractivity contribution < 1.29 is 8.42 Å². The van der Waals surface area contributed by atoms with Crippen LogP contribution in [0, 0.1) is 5.92 Å². The van der Waals surface area contributed by atoms with Crippen LogP contribution in [-0.2, 0) is 16.4 Å². The molecule has 0 amide bonds. The van der Waals surface area contributed by atoms with Gasteiger partial charge < -0.3 is 5.32 Å². The summed E-state index contributed by atoms with van der Waals surface area (Å²) >= 11 is 0. The summed E-state index contributed by atoms with van der Waals surface area (Å²) in [6.07, 6.45) is 5.84. The highest BCUT2D eigenvalue weighted by molar-refractivity contribution is 7.89. The van der Waals surface area contributed by atoms with Gasteiger partial charge in [0.2, 0.25) is 10.0 Å². The quantitative estimate of drug-likeness (QED) is 0.859. The zero-order chi connectivity index (χ0) is 15.3. The number of aryl methyl sites for hydroxylation is 1. The van der Waals surface area contributed by atoms with Crippen LogP contribution in [0.15, 0.2) is 24.5 Å². The molecule has 1 N–H and O–H groups in total. The van der Waals surface area contributed by atoms with Crippen molar-refractivity contribution in [1.82, 2.24) is 14.6 Å². The van der Waals surface area contributed by atoms with Crippen LogP contribution >= 0.6 is 0 Å². The van der Waals surface area contributed by atoms with Gasteiger partial charge in [-0.15, -0.1) is 0 Å². The lowest BCUT2D eigenvalue weighted by Gasteiger charge is -2.34. The van der Waals surface area contributed by atoms with Gasteiger partial charge in [0, 0.05) is 31.5 Å². The summed E-state index contributed by atoms with van der Waals surface area (Å²) in [5.41, 5.74) is 1.02. The SMILES string of the molecule is CNC(C)C1CCN(S(=O)(=O)CCc2ccncc2)CC1. The zero-order valence-corrected chi connectivity index (χ0v) is 13.6. The third-order valence-corrected chi connectivity index (χ3v) is 6.32. The van der Waals surface area contributed by atoms with Gasteiger partial charge in [-0.05, 0) is 56.8 Å². The molecule has 1 saturated heterocycles. The van der Waals surface area contributed by atoms with Gasteiger partial charge in [0.25, 0.3) is 0 Å². The third-order valence-electron chi connectivity index (χ3n) is 4.45. The van der Waals surface area contributed by atoms with Crippen LogP contribution in [0.2, 0.25) is 0 Å². The summed E-state index contributed by atoms with van der Waals surface area (Å²) in [6, 6.07) is 4.19. The Balaban J connectivity index is 1.87. The van der Waals surface area contributed by atoms with E-state index in [1.165, 1.54) is 0 Å². The van der Waals surface area contributed by atoms with Crippen LogP contribution in [0.3, 0.4) is 0 Å². The molecular weight excluding hydrogens is 286 g/mol. The van der Waals surface area contributed by atoms with Crippen molar-refractivity contribution in [2.75, 3.05) is 25.9 Å². The summed E-state index contributed by atoms with van der Waals surface area (Å²) < 4.78 is 26.5. The van der Waals surface area contributed by atoms with Crippen molar-refractivity contribution in [2.24, 2.45) is 5.92 Å². The van der Waals surface area contributed by atoms with E-state index in [1.807, 2.05) is 19.2 Å². The van der Waals surface area contributed by atoms with Crippen LogP contribution in [-0.4, -0.2) is 49.6 Å². The van der Waals surface area contributed by atoms with Crippen molar-refractivity contribution >= 4 is 10.0 Å². The molecule has 0 aliphatic carbocycles. The molecule has 0 spiro atoms. The maximum Gasteiger partial charge on any atom is 0.214 e. The van der Waals surface area contributed by atoms with Gasteiger partial charge in [0.15, 0.2) is 0 Å². The Morgan fingerprint density at radius 2 is 1.95 bits per heavy atom. The van der Waals surface area contributed by atoms with E-state index >= 15 is 0 Å². The van der Waals surface area contributed by atoms with Gasteiger partial charge >= 0.3 is 0 Å². The predicted molar refractivity (Wildman–Crippen MR) is 84.5 cm³/mol. The van der Waals surface area contributed by atoms with E-state index in [4.69, 9.17) is 0 Å². The van der Waals surface area contributed by atoms with Gasteiger partial charge in [-0.3, -0.25) is 4.98 Å². The number of nitrogens with zero attached hydrogens (tertiary/aromatic N) is 2. The van der Waals surface area contributed by atoms with Crippen molar-refractivity contribution in [1.29, 1.82) is 0 Å². The fraction of sp³-hybridized carbons (Fsp3) is 0.667. The monoisotopic (exact) mass is 311 g/mol. The summed E-state index contributed by atoms with van der Waals surface area (Å²) in [5, 5.41) is 3.26. The van der Waals surface area contributed by atoms with E-state index in [0.29, 0.717) is 31.5 Å². The number of rotatable bonds is 6. The zero-order valence-electron chi connectivity index (χ0n) is 12.8. The summed E-state index contributed by atoms with van der Waals surface area (Å²) in [5.74, 6) is 0.755. The van der Waals surface area contributed by atoms with Crippen molar-refractivity contribution in [2.45, 2.75) is 32.2 Å². The summed E-state index contributed by atoms with van der Waals surface area (Å²) in [7, 11) is -1.18. The molecule has 0 saturated carbocycles. The molecule has 6 heteroatoms. The van der Waals surface area contributed by atoms with E-state index in [2.05, 4.69) is 17.2 Å². The molecule has 1 aromatic heterocycles. The first kappa shape index (κ1) is 16.4. The van der Waals surface area contributed by atoms with E-state index < -0.39 is 10.0 Å². The van der Waals surface area contributed by atoms with Crippen LogP contribution < -0.4 is 5.32 Å². The molecule has 1 aliphatic heterocycles. The minimum atomic E-state index is -3.14. The highest BCUT2D eigenvalue weighted by atomic mass is 32.2. The first-order valence-electron chi connectivity index (χ1n) is 7.57. The molecule has 1 fully saturated rings. The van der Waals surface area contributed by atoms with Crippen molar-refractivity contribution in [3.05, 3.63) is 30.1 Å². The molecular formula is C15H25N3O2S. The Hall–Kier alpha value is -0.980. The Morgan fingerprint density at radius 1 is 1.33 bits per heavy atom. The molecule has 5 nitrogen and oxygen atoms in total. The van der Waals surface area contributed by atoms with Gasteiger partial charge in [0.1, 0.15) is 0 Å². The Morgan fingerprint density at radius 3 is 2.52 bits per heavy atom. The lowest BCUT2D eigenvalue weighted by atomic mass is 9.91. The van der Waals surface area contributed by atoms with Crippen LogP contribution in [0.4, 0.5) is 0 Å². The number of hydrogen-bond donors (Lipinski definition) is 1. The van der Waals surface area contributed by atoms with E-state index in [-0.39, 0.29) is 5.75 Å². The smallest absolute Gasteiger partial charge is 0.214 e. The standard InChI is InChI=1S/C15H25N3O2S/c1-13(16-2)15-5-10-18(11-6-15)21(19,20)12-7-14-3-8-17-9-4-14/h3-4,8-9,13,15-16H,5-7,10-12H2,1-2H3. The fourth-order valence-electron chi connectivity index (χ4n) is 2.82. The average molecular weight is 311 g/mol. The maximum atomic E-state index is 12.4. The third kappa shape index (κ3) is 4.49. The number of piperidine rings is 1. The minimum Gasteiger partial charge on any atom is -0.317 e. The normalized spacial score (nSPS) is 19.5. The second kappa shape index (κ2) is 7.33. The number of pyridine rings is 1. The lowest BCUT2D eigenvalue weighted by Crippen LogP contribution is -2.44. The Labute approximate surface area is 127 Å². The largest absolute Gasteiger partial charge is 0.317 e. The molecule has 0 bridgehead atoms. The minimum absolute atomic E-state index is 0.184. The molecule has 1 unspecified atom stereocenters.